The lowest BCUT2D eigenvalue weighted by atomic mass is 9.88. The Morgan fingerprint density at radius 1 is 1.16 bits per heavy atom. The molecular weight excluding hydrogens is 234 g/mol. The predicted molar refractivity (Wildman–Crippen MR) is 76.8 cm³/mol. The molecule has 3 rings (SSSR count). The van der Waals surface area contributed by atoms with E-state index in [1.807, 2.05) is 0 Å². The van der Waals surface area contributed by atoms with E-state index in [-0.39, 0.29) is 5.92 Å². The normalized spacial score (nSPS) is 31.1. The van der Waals surface area contributed by atoms with Crippen molar-refractivity contribution in [1.29, 1.82) is 0 Å². The summed E-state index contributed by atoms with van der Waals surface area (Å²) in [5, 5.41) is 0. The van der Waals surface area contributed by atoms with E-state index in [0.717, 1.165) is 13.0 Å². The average Bonchev–Trinajstić information content (AvgIpc) is 2.66. The summed E-state index contributed by atoms with van der Waals surface area (Å²) in [6.45, 7) is 2.80. The molecule has 0 unspecified atom stereocenters. The molecule has 2 fully saturated rings. The topological polar surface area (TPSA) is 20.3 Å². The summed E-state index contributed by atoms with van der Waals surface area (Å²) in [6.07, 6.45) is 6.08. The molecule has 102 valence electrons. The van der Waals surface area contributed by atoms with E-state index in [4.69, 9.17) is 0 Å². The van der Waals surface area contributed by atoms with Gasteiger partial charge in [-0.25, -0.2) is 0 Å². The summed E-state index contributed by atoms with van der Waals surface area (Å²) in [5.41, 5.74) is 1.38. The zero-order valence-electron chi connectivity index (χ0n) is 11.7. The lowest BCUT2D eigenvalue weighted by Crippen LogP contribution is -2.40. The van der Waals surface area contributed by atoms with E-state index in [0.29, 0.717) is 17.9 Å². The number of carbonyl (C=O) groups is 1. The molecule has 3 atom stereocenters. The van der Waals surface area contributed by atoms with Crippen LogP contribution < -0.4 is 0 Å². The minimum Gasteiger partial charge on any atom is -0.300 e. The van der Waals surface area contributed by atoms with Gasteiger partial charge in [0, 0.05) is 24.5 Å². The minimum atomic E-state index is 0.274. The third kappa shape index (κ3) is 2.59. The van der Waals surface area contributed by atoms with Crippen molar-refractivity contribution in [3.63, 3.8) is 0 Å². The Kier molecular flexibility index (Phi) is 3.69. The van der Waals surface area contributed by atoms with Gasteiger partial charge in [-0.05, 0) is 38.2 Å². The van der Waals surface area contributed by atoms with Gasteiger partial charge in [0.05, 0.1) is 0 Å². The molecule has 19 heavy (non-hydrogen) atoms. The highest BCUT2D eigenvalue weighted by Gasteiger charge is 2.41. The number of ketones is 1. The average molecular weight is 257 g/mol. The second-order valence-electron chi connectivity index (χ2n) is 6.10. The molecule has 2 nitrogen and oxygen atoms in total. The number of hydrogen-bond acceptors (Lipinski definition) is 2. The van der Waals surface area contributed by atoms with Crippen LogP contribution in [0.25, 0.3) is 0 Å². The molecule has 0 spiro atoms. The molecule has 2 aliphatic heterocycles. The van der Waals surface area contributed by atoms with E-state index < -0.39 is 0 Å². The second kappa shape index (κ2) is 5.46. The van der Waals surface area contributed by atoms with Crippen molar-refractivity contribution in [1.82, 2.24) is 4.90 Å². The number of hydrogen-bond donors (Lipinski definition) is 0. The van der Waals surface area contributed by atoms with Gasteiger partial charge in [0.25, 0.3) is 0 Å². The van der Waals surface area contributed by atoms with Crippen LogP contribution in [0.2, 0.25) is 0 Å². The van der Waals surface area contributed by atoms with E-state index in [1.165, 1.54) is 31.2 Å². The monoisotopic (exact) mass is 257 g/mol. The van der Waals surface area contributed by atoms with E-state index in [1.54, 1.807) is 6.92 Å². The van der Waals surface area contributed by atoms with Gasteiger partial charge in [-0.2, -0.15) is 0 Å². The van der Waals surface area contributed by atoms with Crippen molar-refractivity contribution in [2.45, 2.75) is 57.7 Å². The molecule has 0 aromatic heterocycles. The van der Waals surface area contributed by atoms with E-state index >= 15 is 0 Å². The molecule has 1 aromatic carbocycles. The number of carbonyl (C=O) groups excluding carboxylic acids is 1. The number of nitrogens with zero attached hydrogens (tertiary/aromatic N) is 1. The fourth-order valence-corrected chi connectivity index (χ4v) is 3.99. The highest BCUT2D eigenvalue weighted by molar-refractivity contribution is 5.79. The van der Waals surface area contributed by atoms with Crippen LogP contribution in [0.15, 0.2) is 30.3 Å². The van der Waals surface area contributed by atoms with Crippen molar-refractivity contribution in [2.75, 3.05) is 0 Å². The molecule has 0 saturated carbocycles. The first kappa shape index (κ1) is 12.9. The highest BCUT2D eigenvalue weighted by atomic mass is 16.1. The standard InChI is InChI=1S/C17H23NO/c1-13(19)16-9-5-8-15-10-11-17(16)18(15)12-14-6-3-2-4-7-14/h2-4,6-7,15-17H,5,8-12H2,1H3/t15-,16-,17+/m0/s1. The molecule has 2 aliphatic rings. The Morgan fingerprint density at radius 2 is 1.95 bits per heavy atom. The Morgan fingerprint density at radius 3 is 2.68 bits per heavy atom. The molecule has 0 N–H and O–H groups in total. The third-order valence-electron chi connectivity index (χ3n) is 4.94. The third-order valence-corrected chi connectivity index (χ3v) is 4.94. The van der Waals surface area contributed by atoms with Crippen LogP contribution in [0.5, 0.6) is 0 Å². The summed E-state index contributed by atoms with van der Waals surface area (Å²) >= 11 is 0. The van der Waals surface area contributed by atoms with Crippen molar-refractivity contribution < 1.29 is 4.79 Å². The largest absolute Gasteiger partial charge is 0.300 e. The van der Waals surface area contributed by atoms with Gasteiger partial charge in [0.15, 0.2) is 0 Å². The first-order valence-corrected chi connectivity index (χ1v) is 7.56. The molecule has 1 aromatic rings. The van der Waals surface area contributed by atoms with Gasteiger partial charge in [-0.3, -0.25) is 9.69 Å². The first-order valence-electron chi connectivity index (χ1n) is 7.56. The van der Waals surface area contributed by atoms with Crippen LogP contribution in [0.1, 0.15) is 44.6 Å². The molecule has 0 radical (unpaired) electrons. The van der Waals surface area contributed by atoms with Crippen molar-refractivity contribution in [2.24, 2.45) is 5.92 Å². The van der Waals surface area contributed by atoms with Crippen LogP contribution in [0.3, 0.4) is 0 Å². The minimum absolute atomic E-state index is 0.274. The number of rotatable bonds is 3. The van der Waals surface area contributed by atoms with Crippen molar-refractivity contribution in [3.05, 3.63) is 35.9 Å². The van der Waals surface area contributed by atoms with Gasteiger partial charge in [-0.1, -0.05) is 36.8 Å². The lowest BCUT2D eigenvalue weighted by molar-refractivity contribution is -0.122. The maximum atomic E-state index is 11.9. The van der Waals surface area contributed by atoms with Gasteiger partial charge < -0.3 is 0 Å². The quantitative estimate of drug-likeness (QED) is 0.827. The van der Waals surface area contributed by atoms with Crippen LogP contribution in [-0.4, -0.2) is 22.8 Å². The molecule has 0 amide bonds. The van der Waals surface area contributed by atoms with Gasteiger partial charge >= 0.3 is 0 Å². The first-order chi connectivity index (χ1) is 9.25. The summed E-state index contributed by atoms with van der Waals surface area (Å²) in [7, 11) is 0. The maximum Gasteiger partial charge on any atom is 0.134 e. The van der Waals surface area contributed by atoms with Crippen LogP contribution in [-0.2, 0) is 11.3 Å². The van der Waals surface area contributed by atoms with Crippen LogP contribution in [0.4, 0.5) is 0 Å². The zero-order valence-corrected chi connectivity index (χ0v) is 11.7. The summed E-state index contributed by atoms with van der Waals surface area (Å²) in [5.74, 6) is 0.668. The molecular formula is C17H23NO. The zero-order chi connectivity index (χ0) is 13.2. The number of Topliss-reactive ketones (excluding diaryl/α,β-unsaturated/α-hetero) is 1. The highest BCUT2D eigenvalue weighted by Crippen LogP contribution is 2.38. The van der Waals surface area contributed by atoms with Crippen LogP contribution >= 0.6 is 0 Å². The van der Waals surface area contributed by atoms with E-state index in [2.05, 4.69) is 35.2 Å². The van der Waals surface area contributed by atoms with Gasteiger partial charge in [0.1, 0.15) is 5.78 Å². The Balaban J connectivity index is 1.81. The van der Waals surface area contributed by atoms with Crippen molar-refractivity contribution >= 4 is 5.78 Å². The fraction of sp³-hybridized carbons (Fsp3) is 0.588. The van der Waals surface area contributed by atoms with E-state index in [9.17, 15) is 4.79 Å². The molecule has 2 bridgehead atoms. The lowest BCUT2D eigenvalue weighted by Gasteiger charge is -2.31. The summed E-state index contributed by atoms with van der Waals surface area (Å²) < 4.78 is 0. The molecule has 2 heteroatoms. The molecule has 2 heterocycles. The van der Waals surface area contributed by atoms with Crippen molar-refractivity contribution in [3.8, 4) is 0 Å². The number of fused-ring (bicyclic) bond motifs is 2. The van der Waals surface area contributed by atoms with Crippen LogP contribution in [0, 0.1) is 5.92 Å². The second-order valence-corrected chi connectivity index (χ2v) is 6.10. The summed E-state index contributed by atoms with van der Waals surface area (Å²) in [4.78, 5) is 14.5. The predicted octanol–water partition coefficient (Wildman–Crippen LogP) is 3.41. The summed E-state index contributed by atoms with van der Waals surface area (Å²) in [6, 6.07) is 11.9. The SMILES string of the molecule is CC(=O)[C@@H]1CCC[C@H]2CC[C@H]1N2Cc1ccccc1. The fourth-order valence-electron chi connectivity index (χ4n) is 3.99. The number of benzene rings is 1. The van der Waals surface area contributed by atoms with Gasteiger partial charge in [0.2, 0.25) is 0 Å². The maximum absolute atomic E-state index is 11.9. The molecule has 0 aliphatic carbocycles. The van der Waals surface area contributed by atoms with Gasteiger partial charge in [-0.15, -0.1) is 0 Å². The Labute approximate surface area is 115 Å². The molecule has 2 saturated heterocycles. The smallest absolute Gasteiger partial charge is 0.134 e. The Bertz CT molecular complexity index is 442. The Hall–Kier alpha value is -1.15.